The Kier molecular flexibility index (Phi) is 7.05. The van der Waals surface area contributed by atoms with Crippen LogP contribution >= 0.6 is 11.3 Å². The zero-order valence-electron chi connectivity index (χ0n) is 30.7. The second-order valence-corrected chi connectivity index (χ2v) is 16.2. The number of anilines is 2. The SMILES string of the molecule is C1=c2sc3ccccc3c2=CC(c2ccc3cc(N(C4=c5oc6ccccc6c5=CCC4)c4ccc5c6ccccc6n(-c6ccccc6)c5c4)ccc3c2)C1. The highest BCUT2D eigenvalue weighted by atomic mass is 32.1. The smallest absolute Gasteiger partial charge is 0.154 e. The molecule has 0 fully saturated rings. The van der Waals surface area contributed by atoms with Crippen LogP contribution in [0.15, 0.2) is 162 Å². The van der Waals surface area contributed by atoms with E-state index in [1.165, 1.54) is 74.3 Å². The molecule has 0 amide bonds. The minimum atomic E-state index is 0.352. The lowest BCUT2D eigenvalue weighted by Crippen LogP contribution is -2.33. The van der Waals surface area contributed by atoms with E-state index < -0.39 is 0 Å². The highest BCUT2D eigenvalue weighted by Gasteiger charge is 2.23. The normalized spacial score (nSPS) is 15.1. The number of para-hydroxylation sites is 3. The van der Waals surface area contributed by atoms with Gasteiger partial charge in [0.2, 0.25) is 0 Å². The van der Waals surface area contributed by atoms with Crippen molar-refractivity contribution in [2.45, 2.75) is 25.2 Å². The second kappa shape index (κ2) is 12.5. The van der Waals surface area contributed by atoms with Crippen molar-refractivity contribution in [2.24, 2.45) is 0 Å². The van der Waals surface area contributed by atoms with Crippen molar-refractivity contribution in [3.63, 3.8) is 0 Å². The van der Waals surface area contributed by atoms with E-state index in [1.54, 1.807) is 0 Å². The quantitative estimate of drug-likeness (QED) is 0.175. The number of thiophene rings is 1. The van der Waals surface area contributed by atoms with E-state index in [4.69, 9.17) is 4.42 Å². The highest BCUT2D eigenvalue weighted by Crippen LogP contribution is 2.40. The summed E-state index contributed by atoms with van der Waals surface area (Å²) in [5, 5.41) is 10.1. The largest absolute Gasteiger partial charge is 0.454 e. The Bertz CT molecular complexity index is 3480. The molecule has 1 unspecified atom stereocenters. The van der Waals surface area contributed by atoms with Gasteiger partial charge < -0.3 is 13.9 Å². The Labute approximate surface area is 327 Å². The first-order valence-electron chi connectivity index (χ1n) is 19.6. The average Bonchev–Trinajstić information content (AvgIpc) is 3.93. The molecule has 10 aromatic rings. The molecule has 12 rings (SSSR count). The van der Waals surface area contributed by atoms with Crippen LogP contribution in [0.3, 0.4) is 0 Å². The molecule has 3 aromatic heterocycles. The Morgan fingerprint density at radius 1 is 0.589 bits per heavy atom. The fourth-order valence-electron chi connectivity index (χ4n) is 9.34. The van der Waals surface area contributed by atoms with Gasteiger partial charge in [-0.15, -0.1) is 11.3 Å². The van der Waals surface area contributed by atoms with Gasteiger partial charge in [-0.3, -0.25) is 0 Å². The van der Waals surface area contributed by atoms with Gasteiger partial charge >= 0.3 is 0 Å². The number of fused-ring (bicyclic) bond motifs is 10. The number of hydrogen-bond acceptors (Lipinski definition) is 3. The van der Waals surface area contributed by atoms with Crippen molar-refractivity contribution in [3.8, 4) is 5.69 Å². The van der Waals surface area contributed by atoms with E-state index in [1.807, 2.05) is 11.3 Å². The van der Waals surface area contributed by atoms with Gasteiger partial charge in [-0.05, 0) is 101 Å². The van der Waals surface area contributed by atoms with Gasteiger partial charge in [-0.25, -0.2) is 0 Å². The highest BCUT2D eigenvalue weighted by molar-refractivity contribution is 7.17. The lowest BCUT2D eigenvalue weighted by Gasteiger charge is -2.29. The van der Waals surface area contributed by atoms with E-state index >= 15 is 0 Å². The first-order valence-corrected chi connectivity index (χ1v) is 20.4. The van der Waals surface area contributed by atoms with Crippen LogP contribution in [-0.2, 0) is 0 Å². The minimum Gasteiger partial charge on any atom is -0.454 e. The first-order chi connectivity index (χ1) is 27.7. The molecule has 266 valence electrons. The van der Waals surface area contributed by atoms with E-state index in [-0.39, 0.29) is 0 Å². The third kappa shape index (κ3) is 4.89. The summed E-state index contributed by atoms with van der Waals surface area (Å²) in [6, 6.07) is 57.8. The van der Waals surface area contributed by atoms with Crippen LogP contribution in [0.25, 0.3) is 83.2 Å². The Morgan fingerprint density at radius 3 is 2.25 bits per heavy atom. The average molecular weight is 737 g/mol. The van der Waals surface area contributed by atoms with Crippen molar-refractivity contribution in [3.05, 3.63) is 184 Å². The number of hydrogen-bond donors (Lipinski definition) is 0. The van der Waals surface area contributed by atoms with E-state index in [0.717, 1.165) is 47.3 Å². The molecule has 3 nitrogen and oxygen atoms in total. The minimum absolute atomic E-state index is 0.352. The molecular weight excluding hydrogens is 701 g/mol. The molecule has 56 heavy (non-hydrogen) atoms. The molecule has 0 aliphatic heterocycles. The summed E-state index contributed by atoms with van der Waals surface area (Å²) in [6.07, 6.45) is 10.1. The van der Waals surface area contributed by atoms with Crippen molar-refractivity contribution in [2.75, 3.05) is 4.90 Å². The molecule has 0 spiro atoms. The Morgan fingerprint density at radius 2 is 1.32 bits per heavy atom. The van der Waals surface area contributed by atoms with Crippen molar-refractivity contribution in [1.29, 1.82) is 0 Å². The van der Waals surface area contributed by atoms with Gasteiger partial charge in [-0.2, -0.15) is 0 Å². The molecule has 3 heterocycles. The molecule has 1 atom stereocenters. The molecular formula is C52H36N2OS. The standard InChI is InChI=1S/C52H36N2OS/c1-2-11-37(12-3-1)54-46-17-7-4-13-40(46)41-27-26-39(32-48(41)54)53(47-18-10-16-44-42-14-5-8-19-49(42)55-52(44)47)38-25-23-34-29-33(21-22-35(34)30-38)36-24-28-51-45(31-36)43-15-6-9-20-50(43)56-51/h1-9,11-17,19-23,25-32,36H,10,18,24H2. The van der Waals surface area contributed by atoms with Crippen LogP contribution in [0.1, 0.15) is 30.7 Å². The van der Waals surface area contributed by atoms with Gasteiger partial charge in [0.1, 0.15) is 5.58 Å². The van der Waals surface area contributed by atoms with Gasteiger partial charge in [0.15, 0.2) is 5.42 Å². The molecule has 4 heteroatoms. The van der Waals surface area contributed by atoms with E-state index in [2.05, 4.69) is 185 Å². The number of rotatable bonds is 5. The van der Waals surface area contributed by atoms with Crippen molar-refractivity contribution >= 4 is 100 Å². The van der Waals surface area contributed by atoms with Crippen LogP contribution in [0.5, 0.6) is 0 Å². The lowest BCUT2D eigenvalue weighted by molar-refractivity contribution is 0.566. The Hall–Kier alpha value is -6.62. The number of benzene rings is 7. The maximum Gasteiger partial charge on any atom is 0.154 e. The van der Waals surface area contributed by atoms with Gasteiger partial charge in [0, 0.05) is 53.6 Å². The third-order valence-electron chi connectivity index (χ3n) is 11.9. The summed E-state index contributed by atoms with van der Waals surface area (Å²) < 4.78 is 11.9. The number of aromatic nitrogens is 1. The summed E-state index contributed by atoms with van der Waals surface area (Å²) in [4.78, 5) is 2.46. The van der Waals surface area contributed by atoms with Gasteiger partial charge in [0.05, 0.1) is 16.7 Å². The van der Waals surface area contributed by atoms with Crippen molar-refractivity contribution < 1.29 is 4.42 Å². The summed E-state index contributed by atoms with van der Waals surface area (Å²) in [6.45, 7) is 0. The van der Waals surface area contributed by atoms with Crippen LogP contribution in [-0.4, -0.2) is 4.57 Å². The number of nitrogens with zero attached hydrogens (tertiary/aromatic N) is 2. The predicted octanol–water partition coefficient (Wildman–Crippen LogP) is 11.2. The molecule has 0 saturated carbocycles. The zero-order chi connectivity index (χ0) is 36.7. The summed E-state index contributed by atoms with van der Waals surface area (Å²) in [7, 11) is 0. The number of furan rings is 1. The second-order valence-electron chi connectivity index (χ2n) is 15.1. The first kappa shape index (κ1) is 31.7. The molecule has 7 aromatic carbocycles. The van der Waals surface area contributed by atoms with Crippen LogP contribution < -0.4 is 25.3 Å². The third-order valence-corrected chi connectivity index (χ3v) is 13.1. The lowest BCUT2D eigenvalue weighted by atomic mass is 9.90. The fourth-order valence-corrected chi connectivity index (χ4v) is 10.5. The van der Waals surface area contributed by atoms with E-state index in [0.29, 0.717) is 5.92 Å². The fraction of sp³-hybridized carbons (Fsp3) is 0.0769. The molecule has 0 radical (unpaired) electrons. The molecule has 0 N–H and O–H groups in total. The zero-order valence-corrected chi connectivity index (χ0v) is 31.5. The van der Waals surface area contributed by atoms with Crippen LogP contribution in [0, 0.1) is 0 Å². The molecule has 2 aliphatic rings. The molecule has 2 aliphatic carbocycles. The summed E-state index contributed by atoms with van der Waals surface area (Å²) >= 11 is 1.91. The predicted molar refractivity (Wildman–Crippen MR) is 237 cm³/mol. The van der Waals surface area contributed by atoms with Crippen LogP contribution in [0.2, 0.25) is 0 Å². The summed E-state index contributed by atoms with van der Waals surface area (Å²) in [5.74, 6) is 0.352. The maximum atomic E-state index is 6.75. The summed E-state index contributed by atoms with van der Waals surface area (Å²) in [5.41, 5.74) is 10.2. The van der Waals surface area contributed by atoms with Crippen molar-refractivity contribution in [1.82, 2.24) is 4.57 Å². The van der Waals surface area contributed by atoms with E-state index in [9.17, 15) is 0 Å². The monoisotopic (exact) mass is 736 g/mol. The van der Waals surface area contributed by atoms with Gasteiger partial charge in [0.25, 0.3) is 0 Å². The Balaban J connectivity index is 1.05. The topological polar surface area (TPSA) is 21.3 Å². The van der Waals surface area contributed by atoms with Gasteiger partial charge in [-0.1, -0.05) is 121 Å². The molecule has 0 bridgehead atoms. The molecule has 0 saturated heterocycles. The van der Waals surface area contributed by atoms with Crippen LogP contribution in [0.4, 0.5) is 11.4 Å². The maximum absolute atomic E-state index is 6.75.